The molecule has 3 aliphatic rings. The number of carbonyl (C=O) groups is 1. The summed E-state index contributed by atoms with van der Waals surface area (Å²) in [5, 5.41) is 17.8. The van der Waals surface area contributed by atoms with Crippen molar-refractivity contribution in [2.75, 3.05) is 10.5 Å². The molecule has 5 rings (SSSR count). The van der Waals surface area contributed by atoms with E-state index in [1.807, 2.05) is 76.4 Å². The number of hydrazine groups is 1. The molecule has 7 heteroatoms. The predicted molar refractivity (Wildman–Crippen MR) is 161 cm³/mol. The molecule has 2 aromatic rings. The number of nitrogens with zero attached hydrogens (tertiary/aromatic N) is 2. The number of hydrogen-bond acceptors (Lipinski definition) is 5. The lowest BCUT2D eigenvalue weighted by Gasteiger charge is -2.52. The van der Waals surface area contributed by atoms with Crippen LogP contribution in [0.3, 0.4) is 0 Å². The quantitative estimate of drug-likeness (QED) is 0.208. The van der Waals surface area contributed by atoms with Crippen molar-refractivity contribution >= 4 is 28.7 Å². The number of anilines is 2. The van der Waals surface area contributed by atoms with E-state index in [9.17, 15) is 10.0 Å². The van der Waals surface area contributed by atoms with Crippen molar-refractivity contribution in [2.24, 2.45) is 15.8 Å². The summed E-state index contributed by atoms with van der Waals surface area (Å²) in [5.41, 5.74) is 8.60. The van der Waals surface area contributed by atoms with E-state index < -0.39 is 0 Å². The molecule has 39 heavy (non-hydrogen) atoms. The Morgan fingerprint density at radius 1 is 1.03 bits per heavy atom. The standard InChI is InChI=1S/C32H45N5O2/c1-23(21-33-24(2)32-17-14-31(6,15-18-32)16-19-32)27-13-12-26(20-28(27)37(39)36-30(3,4)5)35-29(38)34-22-25-10-8-7-9-11-25/h7-13,20-21,36,39H,14-19,22H2,1-6H3,(H2,34,35,38)/b23-21+,33-24?. The highest BCUT2D eigenvalue weighted by Gasteiger charge is 2.47. The second kappa shape index (κ2) is 11.5. The molecule has 2 bridgehead atoms. The van der Waals surface area contributed by atoms with E-state index in [0.717, 1.165) is 21.9 Å². The molecule has 0 spiro atoms. The molecule has 0 heterocycles. The molecule has 0 aromatic heterocycles. The average Bonchev–Trinajstić information content (AvgIpc) is 2.90. The lowest BCUT2D eigenvalue weighted by atomic mass is 9.53. The van der Waals surface area contributed by atoms with Crippen molar-refractivity contribution in [1.29, 1.82) is 0 Å². The van der Waals surface area contributed by atoms with Gasteiger partial charge in [0.15, 0.2) is 0 Å². The number of benzene rings is 2. The van der Waals surface area contributed by atoms with Crippen LogP contribution in [0.5, 0.6) is 0 Å². The molecule has 0 radical (unpaired) electrons. The minimum atomic E-state index is -0.371. The Kier molecular flexibility index (Phi) is 8.52. The third-order valence-corrected chi connectivity index (χ3v) is 8.49. The Balaban J connectivity index is 1.54. The van der Waals surface area contributed by atoms with E-state index in [2.05, 4.69) is 29.9 Å². The summed E-state index contributed by atoms with van der Waals surface area (Å²) in [4.78, 5) is 17.5. The van der Waals surface area contributed by atoms with Gasteiger partial charge in [0.05, 0.1) is 5.69 Å². The van der Waals surface area contributed by atoms with Crippen molar-refractivity contribution in [2.45, 2.75) is 92.2 Å². The minimum Gasteiger partial charge on any atom is -0.334 e. The number of hydrogen-bond donors (Lipinski definition) is 4. The summed E-state index contributed by atoms with van der Waals surface area (Å²) < 4.78 is 0. The SMILES string of the molecule is CC(=N/C=C(\C)c1ccc(NC(=O)NCc2ccccc2)cc1N(O)NC(C)(C)C)C12CCC(C)(CC1)CC2. The van der Waals surface area contributed by atoms with Gasteiger partial charge < -0.3 is 10.6 Å². The van der Waals surface area contributed by atoms with Crippen LogP contribution in [0.1, 0.15) is 91.2 Å². The number of nitrogens with one attached hydrogen (secondary N) is 3. The maximum atomic E-state index is 12.6. The lowest BCUT2D eigenvalue weighted by molar-refractivity contribution is 0.0483. The molecule has 3 saturated carbocycles. The van der Waals surface area contributed by atoms with Gasteiger partial charge in [-0.1, -0.05) is 43.3 Å². The summed E-state index contributed by atoms with van der Waals surface area (Å²) >= 11 is 0. The van der Waals surface area contributed by atoms with Crippen molar-refractivity contribution in [3.8, 4) is 0 Å². The molecule has 0 aliphatic heterocycles. The fraction of sp³-hybridized carbons (Fsp3) is 0.500. The molecular formula is C32H45N5O2. The highest BCUT2D eigenvalue weighted by molar-refractivity contribution is 5.92. The van der Waals surface area contributed by atoms with Gasteiger partial charge in [-0.15, -0.1) is 0 Å². The third-order valence-electron chi connectivity index (χ3n) is 8.49. The first-order valence-electron chi connectivity index (χ1n) is 14.1. The fourth-order valence-corrected chi connectivity index (χ4v) is 5.77. The number of amides is 2. The zero-order valence-corrected chi connectivity index (χ0v) is 24.4. The van der Waals surface area contributed by atoms with Gasteiger partial charge >= 0.3 is 6.03 Å². The van der Waals surface area contributed by atoms with Crippen molar-refractivity contribution in [1.82, 2.24) is 10.7 Å². The highest BCUT2D eigenvalue weighted by Crippen LogP contribution is 2.57. The lowest BCUT2D eigenvalue weighted by Crippen LogP contribution is -2.48. The summed E-state index contributed by atoms with van der Waals surface area (Å²) in [6, 6.07) is 15.0. The van der Waals surface area contributed by atoms with E-state index in [1.54, 1.807) is 6.07 Å². The molecule has 0 atom stereocenters. The Hall–Kier alpha value is -3.16. The van der Waals surface area contributed by atoms with E-state index in [1.165, 1.54) is 44.2 Å². The monoisotopic (exact) mass is 531 g/mol. The van der Waals surface area contributed by atoms with Gasteiger partial charge in [-0.05, 0) is 102 Å². The van der Waals surface area contributed by atoms with Gasteiger partial charge in [0, 0.05) is 40.7 Å². The van der Waals surface area contributed by atoms with Crippen LogP contribution >= 0.6 is 0 Å². The Bertz CT molecular complexity index is 1200. The molecule has 3 aliphatic carbocycles. The molecule has 4 N–H and O–H groups in total. The number of rotatable bonds is 8. The van der Waals surface area contributed by atoms with E-state index in [0.29, 0.717) is 23.3 Å². The first-order valence-corrected chi connectivity index (χ1v) is 14.1. The molecule has 7 nitrogen and oxygen atoms in total. The van der Waals surface area contributed by atoms with Gasteiger partial charge in [0.2, 0.25) is 0 Å². The van der Waals surface area contributed by atoms with Gasteiger partial charge in [-0.2, -0.15) is 5.17 Å². The van der Waals surface area contributed by atoms with Crippen LogP contribution in [-0.4, -0.2) is 22.5 Å². The van der Waals surface area contributed by atoms with Crippen molar-refractivity contribution in [3.63, 3.8) is 0 Å². The predicted octanol–water partition coefficient (Wildman–Crippen LogP) is 7.69. The number of aliphatic imine (C=N–C) groups is 1. The molecule has 210 valence electrons. The molecule has 2 amide bonds. The van der Waals surface area contributed by atoms with Gasteiger partial charge in [-0.3, -0.25) is 10.2 Å². The number of allylic oxidation sites excluding steroid dienone is 1. The van der Waals surface area contributed by atoms with Crippen LogP contribution in [0.25, 0.3) is 5.57 Å². The van der Waals surface area contributed by atoms with Gasteiger partial charge in [-0.25, -0.2) is 10.2 Å². The van der Waals surface area contributed by atoms with Crippen LogP contribution in [0.15, 0.2) is 59.7 Å². The first-order chi connectivity index (χ1) is 18.4. The summed E-state index contributed by atoms with van der Waals surface area (Å²) in [6.45, 7) is 13.0. The van der Waals surface area contributed by atoms with Crippen LogP contribution in [0.2, 0.25) is 0 Å². The number of fused-ring (bicyclic) bond motifs is 3. The largest absolute Gasteiger partial charge is 0.334 e. The molecule has 3 fully saturated rings. The average molecular weight is 532 g/mol. The maximum Gasteiger partial charge on any atom is 0.319 e. The van der Waals surface area contributed by atoms with Crippen LogP contribution in [-0.2, 0) is 6.54 Å². The molecule has 0 unspecified atom stereocenters. The normalized spacial score (nSPS) is 23.5. The molecule has 0 saturated heterocycles. The third kappa shape index (κ3) is 7.28. The van der Waals surface area contributed by atoms with Gasteiger partial charge in [0.1, 0.15) is 0 Å². The molecule has 2 aromatic carbocycles. The summed E-state index contributed by atoms with van der Waals surface area (Å²) in [6.07, 6.45) is 9.47. The summed E-state index contributed by atoms with van der Waals surface area (Å²) in [7, 11) is 0. The topological polar surface area (TPSA) is 89.0 Å². The van der Waals surface area contributed by atoms with Crippen LogP contribution < -0.4 is 21.2 Å². The van der Waals surface area contributed by atoms with Crippen molar-refractivity contribution < 1.29 is 10.0 Å². The Morgan fingerprint density at radius 2 is 1.67 bits per heavy atom. The van der Waals surface area contributed by atoms with E-state index in [-0.39, 0.29) is 17.0 Å². The van der Waals surface area contributed by atoms with Crippen molar-refractivity contribution in [3.05, 3.63) is 65.9 Å². The second-order valence-corrected chi connectivity index (χ2v) is 12.8. The zero-order valence-electron chi connectivity index (χ0n) is 24.4. The smallest absolute Gasteiger partial charge is 0.319 e. The minimum absolute atomic E-state index is 0.231. The Labute approximate surface area is 233 Å². The van der Waals surface area contributed by atoms with Crippen LogP contribution in [0.4, 0.5) is 16.2 Å². The Morgan fingerprint density at radius 3 is 2.28 bits per heavy atom. The van der Waals surface area contributed by atoms with Crippen LogP contribution in [0, 0.1) is 10.8 Å². The number of carbonyl (C=O) groups excluding carboxylic acids is 1. The molecular weight excluding hydrogens is 486 g/mol. The first kappa shape index (κ1) is 28.8. The van der Waals surface area contributed by atoms with Gasteiger partial charge in [0.25, 0.3) is 0 Å². The maximum absolute atomic E-state index is 12.6. The summed E-state index contributed by atoms with van der Waals surface area (Å²) in [5.74, 6) is 0. The highest BCUT2D eigenvalue weighted by atomic mass is 16.5. The second-order valence-electron chi connectivity index (χ2n) is 12.8. The number of urea groups is 1. The fourth-order valence-electron chi connectivity index (χ4n) is 5.77. The van der Waals surface area contributed by atoms with E-state index >= 15 is 0 Å². The zero-order chi connectivity index (χ0) is 28.3. The van der Waals surface area contributed by atoms with E-state index in [4.69, 9.17) is 4.99 Å².